The molecular weight excluding hydrogens is 268 g/mol. The third-order valence-electron chi connectivity index (χ3n) is 3.77. The zero-order valence-electron chi connectivity index (χ0n) is 12.1. The molecule has 0 saturated heterocycles. The van der Waals surface area contributed by atoms with Gasteiger partial charge in [-0.05, 0) is 48.9 Å². The van der Waals surface area contributed by atoms with Gasteiger partial charge >= 0.3 is 0 Å². The Hall–Kier alpha value is -1.65. The number of hydrogen-bond donors (Lipinski definition) is 2. The Bertz CT molecular complexity index is 607. The molecule has 0 aliphatic heterocycles. The molecule has 0 fully saturated rings. The van der Waals surface area contributed by atoms with Crippen molar-refractivity contribution in [2.75, 3.05) is 0 Å². The van der Waals surface area contributed by atoms with Crippen LogP contribution in [0.5, 0.6) is 0 Å². The third-order valence-corrected chi connectivity index (χ3v) is 4.65. The van der Waals surface area contributed by atoms with E-state index < -0.39 is 5.54 Å². The molecule has 1 unspecified atom stereocenters. The Balaban J connectivity index is 2.28. The molecule has 0 aliphatic rings. The van der Waals surface area contributed by atoms with Crippen LogP contribution in [0.3, 0.4) is 0 Å². The number of rotatable bonds is 5. The molecular formula is C16H20N2OS. The van der Waals surface area contributed by atoms with E-state index in [4.69, 9.17) is 5.73 Å². The number of amides is 1. The molecule has 3 nitrogen and oxygen atoms in total. The van der Waals surface area contributed by atoms with Gasteiger partial charge in [0.2, 0.25) is 5.91 Å². The largest absolute Gasteiger partial charge is 0.368 e. The number of hydrogen-bond acceptors (Lipinski definition) is 3. The van der Waals surface area contributed by atoms with Crippen LogP contribution < -0.4 is 11.1 Å². The van der Waals surface area contributed by atoms with E-state index in [1.165, 1.54) is 10.4 Å². The molecule has 3 N–H and O–H groups in total. The first kappa shape index (κ1) is 14.8. The van der Waals surface area contributed by atoms with Crippen LogP contribution in [0.4, 0.5) is 0 Å². The molecule has 2 aromatic rings. The van der Waals surface area contributed by atoms with Gasteiger partial charge in [0.15, 0.2) is 0 Å². The number of nitrogens with one attached hydrogen (secondary N) is 1. The summed E-state index contributed by atoms with van der Waals surface area (Å²) in [5, 5.41) is 5.32. The number of carbonyl (C=O) groups is 1. The van der Waals surface area contributed by atoms with Crippen molar-refractivity contribution in [3.05, 3.63) is 57.3 Å². The normalized spacial score (nSPS) is 13.9. The molecule has 20 heavy (non-hydrogen) atoms. The van der Waals surface area contributed by atoms with Crippen LogP contribution in [0.15, 0.2) is 35.7 Å². The first-order valence-electron chi connectivity index (χ1n) is 6.58. The van der Waals surface area contributed by atoms with Crippen molar-refractivity contribution in [3.8, 4) is 0 Å². The Labute approximate surface area is 123 Å². The van der Waals surface area contributed by atoms with Gasteiger partial charge < -0.3 is 5.73 Å². The maximum atomic E-state index is 11.9. The number of primary amides is 1. The lowest BCUT2D eigenvalue weighted by Crippen LogP contribution is -2.50. The third kappa shape index (κ3) is 2.92. The van der Waals surface area contributed by atoms with Gasteiger partial charge in [-0.15, -0.1) is 11.3 Å². The fraction of sp³-hybridized carbons (Fsp3) is 0.312. The highest BCUT2D eigenvalue weighted by Crippen LogP contribution is 2.24. The monoisotopic (exact) mass is 288 g/mol. The number of benzene rings is 1. The zero-order chi connectivity index (χ0) is 14.8. The lowest BCUT2D eigenvalue weighted by Gasteiger charge is -2.28. The molecule has 4 heteroatoms. The van der Waals surface area contributed by atoms with Crippen molar-refractivity contribution >= 4 is 17.2 Å². The minimum atomic E-state index is -0.859. The summed E-state index contributed by atoms with van der Waals surface area (Å²) in [6.45, 7) is 6.57. The van der Waals surface area contributed by atoms with E-state index >= 15 is 0 Å². The molecule has 0 aliphatic carbocycles. The number of thiophene rings is 1. The average molecular weight is 288 g/mol. The molecule has 0 radical (unpaired) electrons. The van der Waals surface area contributed by atoms with E-state index in [9.17, 15) is 4.79 Å². The van der Waals surface area contributed by atoms with Gasteiger partial charge in [-0.1, -0.05) is 24.3 Å². The quantitative estimate of drug-likeness (QED) is 0.889. The van der Waals surface area contributed by atoms with Gasteiger partial charge in [0.25, 0.3) is 0 Å². The topological polar surface area (TPSA) is 55.1 Å². The Kier molecular flexibility index (Phi) is 4.26. The predicted octanol–water partition coefficient (Wildman–Crippen LogP) is 2.86. The second kappa shape index (κ2) is 5.77. The Morgan fingerprint density at radius 2 is 2.05 bits per heavy atom. The highest BCUT2D eigenvalue weighted by molar-refractivity contribution is 7.09. The summed E-state index contributed by atoms with van der Waals surface area (Å²) < 4.78 is 0. The first-order valence-corrected chi connectivity index (χ1v) is 7.46. The Morgan fingerprint density at radius 1 is 1.30 bits per heavy atom. The minimum Gasteiger partial charge on any atom is -0.368 e. The van der Waals surface area contributed by atoms with Crippen molar-refractivity contribution in [3.63, 3.8) is 0 Å². The summed E-state index contributed by atoms with van der Waals surface area (Å²) in [4.78, 5) is 13.1. The van der Waals surface area contributed by atoms with Crippen LogP contribution in [0.25, 0.3) is 0 Å². The second-order valence-corrected chi connectivity index (χ2v) is 6.25. The summed E-state index contributed by atoms with van der Waals surface area (Å²) in [5.74, 6) is -0.364. The van der Waals surface area contributed by atoms with Crippen molar-refractivity contribution in [1.82, 2.24) is 5.32 Å². The molecule has 0 spiro atoms. The standard InChI is InChI=1S/C16H20N2OS/c1-11-6-7-13(9-12(11)2)16(3,15(17)19)18-10-14-5-4-8-20-14/h4-9,18H,10H2,1-3H3,(H2,17,19). The molecule has 106 valence electrons. The van der Waals surface area contributed by atoms with E-state index in [0.717, 1.165) is 11.1 Å². The number of aryl methyl sites for hydroxylation is 2. The number of nitrogens with two attached hydrogens (primary N) is 1. The second-order valence-electron chi connectivity index (χ2n) is 5.22. The highest BCUT2D eigenvalue weighted by Gasteiger charge is 2.32. The van der Waals surface area contributed by atoms with Crippen LogP contribution in [0, 0.1) is 13.8 Å². The summed E-state index contributed by atoms with van der Waals surface area (Å²) >= 11 is 1.66. The van der Waals surface area contributed by atoms with Gasteiger partial charge in [0.05, 0.1) is 0 Å². The lowest BCUT2D eigenvalue weighted by molar-refractivity contribution is -0.124. The summed E-state index contributed by atoms with van der Waals surface area (Å²) in [5.41, 5.74) is 8.05. The van der Waals surface area contributed by atoms with Gasteiger partial charge in [0, 0.05) is 11.4 Å². The van der Waals surface area contributed by atoms with Crippen LogP contribution in [0.2, 0.25) is 0 Å². The van der Waals surface area contributed by atoms with Crippen molar-refractivity contribution in [2.24, 2.45) is 5.73 Å². The maximum absolute atomic E-state index is 11.9. The van der Waals surface area contributed by atoms with Crippen LogP contribution in [-0.4, -0.2) is 5.91 Å². The first-order chi connectivity index (χ1) is 9.43. The van der Waals surface area contributed by atoms with Crippen LogP contribution in [0.1, 0.15) is 28.5 Å². The summed E-state index contributed by atoms with van der Waals surface area (Å²) in [7, 11) is 0. The molecule has 0 saturated carbocycles. The molecule has 0 bridgehead atoms. The van der Waals surface area contributed by atoms with Crippen LogP contribution in [-0.2, 0) is 16.9 Å². The maximum Gasteiger partial charge on any atom is 0.242 e. The van der Waals surface area contributed by atoms with Crippen molar-refractivity contribution < 1.29 is 4.79 Å². The van der Waals surface area contributed by atoms with E-state index in [1.807, 2.05) is 49.6 Å². The fourth-order valence-electron chi connectivity index (χ4n) is 2.06. The summed E-state index contributed by atoms with van der Waals surface area (Å²) in [6, 6.07) is 10.1. The Morgan fingerprint density at radius 3 is 2.60 bits per heavy atom. The van der Waals surface area contributed by atoms with E-state index in [-0.39, 0.29) is 5.91 Å². The molecule has 1 aromatic heterocycles. The predicted molar refractivity (Wildman–Crippen MR) is 83.6 cm³/mol. The molecule has 1 heterocycles. The van der Waals surface area contributed by atoms with E-state index in [0.29, 0.717) is 6.54 Å². The summed E-state index contributed by atoms with van der Waals surface area (Å²) in [6.07, 6.45) is 0. The molecule has 1 atom stereocenters. The van der Waals surface area contributed by atoms with E-state index in [1.54, 1.807) is 11.3 Å². The SMILES string of the molecule is Cc1ccc(C(C)(NCc2cccs2)C(N)=O)cc1C. The minimum absolute atomic E-state index is 0.364. The van der Waals surface area contributed by atoms with Gasteiger partial charge in [0.1, 0.15) is 5.54 Å². The average Bonchev–Trinajstić information content (AvgIpc) is 2.92. The fourth-order valence-corrected chi connectivity index (χ4v) is 2.71. The van der Waals surface area contributed by atoms with Gasteiger partial charge in [-0.25, -0.2) is 0 Å². The van der Waals surface area contributed by atoms with Gasteiger partial charge in [-0.3, -0.25) is 10.1 Å². The molecule has 1 amide bonds. The van der Waals surface area contributed by atoms with Crippen molar-refractivity contribution in [2.45, 2.75) is 32.9 Å². The van der Waals surface area contributed by atoms with Crippen molar-refractivity contribution in [1.29, 1.82) is 0 Å². The highest BCUT2D eigenvalue weighted by atomic mass is 32.1. The molecule has 1 aromatic carbocycles. The smallest absolute Gasteiger partial charge is 0.242 e. The zero-order valence-corrected chi connectivity index (χ0v) is 12.9. The number of carbonyl (C=O) groups excluding carboxylic acids is 1. The van der Waals surface area contributed by atoms with E-state index in [2.05, 4.69) is 12.2 Å². The van der Waals surface area contributed by atoms with Crippen LogP contribution >= 0.6 is 11.3 Å². The molecule has 2 rings (SSSR count). The lowest BCUT2D eigenvalue weighted by atomic mass is 9.89. The van der Waals surface area contributed by atoms with Gasteiger partial charge in [-0.2, -0.15) is 0 Å².